The second-order valence-corrected chi connectivity index (χ2v) is 8.64. The number of hydrogen-bond donors (Lipinski definition) is 2. The van der Waals surface area contributed by atoms with E-state index in [4.69, 9.17) is 0 Å². The predicted molar refractivity (Wildman–Crippen MR) is 114 cm³/mol. The monoisotopic (exact) mass is 395 g/mol. The Labute approximate surface area is 174 Å². The first-order valence-corrected chi connectivity index (χ1v) is 10.4. The summed E-state index contributed by atoms with van der Waals surface area (Å²) in [6, 6.07) is 18.2. The van der Waals surface area contributed by atoms with Gasteiger partial charge in [0.15, 0.2) is 0 Å². The van der Waals surface area contributed by atoms with Crippen molar-refractivity contribution in [2.24, 2.45) is 5.92 Å². The van der Waals surface area contributed by atoms with Gasteiger partial charge in [0.25, 0.3) is 0 Å². The minimum atomic E-state index is -0.582. The van der Waals surface area contributed by atoms with Gasteiger partial charge in [0, 0.05) is 23.4 Å². The smallest absolute Gasteiger partial charge is 0.237 e. The summed E-state index contributed by atoms with van der Waals surface area (Å²) in [5, 5.41) is 6.04. The van der Waals surface area contributed by atoms with E-state index in [-0.39, 0.29) is 17.7 Å². The van der Waals surface area contributed by atoms with E-state index in [9.17, 15) is 9.59 Å². The van der Waals surface area contributed by atoms with Gasteiger partial charge < -0.3 is 10.6 Å². The lowest BCUT2D eigenvalue weighted by Crippen LogP contribution is -2.35. The normalized spacial score (nSPS) is 21.3. The zero-order valence-corrected chi connectivity index (χ0v) is 16.4. The summed E-state index contributed by atoms with van der Waals surface area (Å²) in [6.07, 6.45) is 4.58. The molecule has 6 rings (SSSR count). The molecule has 3 aromatic rings. The molecular formula is C25H21N3O2. The molecule has 0 fully saturated rings. The molecule has 0 saturated carbocycles. The van der Waals surface area contributed by atoms with Crippen LogP contribution in [0.15, 0.2) is 60.8 Å². The van der Waals surface area contributed by atoms with Crippen LogP contribution in [0.4, 0.5) is 11.5 Å². The Morgan fingerprint density at radius 1 is 0.967 bits per heavy atom. The third kappa shape index (κ3) is 2.51. The van der Waals surface area contributed by atoms with E-state index in [0.29, 0.717) is 18.7 Å². The van der Waals surface area contributed by atoms with Crippen molar-refractivity contribution in [3.8, 4) is 0 Å². The van der Waals surface area contributed by atoms with E-state index in [2.05, 4.69) is 27.8 Å². The van der Waals surface area contributed by atoms with Crippen molar-refractivity contribution < 1.29 is 9.59 Å². The van der Waals surface area contributed by atoms with E-state index < -0.39 is 5.41 Å². The number of hydrogen-bond acceptors (Lipinski definition) is 3. The predicted octanol–water partition coefficient (Wildman–Crippen LogP) is 3.42. The van der Waals surface area contributed by atoms with Crippen LogP contribution < -0.4 is 10.6 Å². The van der Waals surface area contributed by atoms with E-state index in [1.54, 1.807) is 6.20 Å². The Morgan fingerprint density at radius 2 is 1.73 bits per heavy atom. The number of anilines is 2. The molecule has 1 aromatic heterocycles. The van der Waals surface area contributed by atoms with Gasteiger partial charge in [0.1, 0.15) is 5.82 Å². The lowest BCUT2D eigenvalue weighted by Gasteiger charge is -2.20. The van der Waals surface area contributed by atoms with Crippen LogP contribution in [0.1, 0.15) is 27.8 Å². The molecule has 2 amide bonds. The van der Waals surface area contributed by atoms with Crippen molar-refractivity contribution in [2.75, 3.05) is 10.6 Å². The molecule has 5 heteroatoms. The number of amides is 2. The van der Waals surface area contributed by atoms with Gasteiger partial charge in [0.05, 0.1) is 5.41 Å². The highest BCUT2D eigenvalue weighted by Gasteiger charge is 2.51. The number of carbonyl (C=O) groups is 2. The fourth-order valence-corrected chi connectivity index (χ4v) is 5.33. The summed E-state index contributed by atoms with van der Waals surface area (Å²) in [5.41, 5.74) is 6.02. The average molecular weight is 395 g/mol. The Morgan fingerprint density at radius 3 is 2.53 bits per heavy atom. The fraction of sp³-hybridized carbons (Fsp3) is 0.240. The molecule has 2 aliphatic carbocycles. The van der Waals surface area contributed by atoms with Crippen molar-refractivity contribution in [3.05, 3.63) is 88.6 Å². The minimum absolute atomic E-state index is 0.0155. The third-order valence-electron chi connectivity index (χ3n) is 6.87. The van der Waals surface area contributed by atoms with Crippen LogP contribution in [0.3, 0.4) is 0 Å². The van der Waals surface area contributed by atoms with Gasteiger partial charge in [-0.3, -0.25) is 9.59 Å². The van der Waals surface area contributed by atoms with Gasteiger partial charge in [-0.15, -0.1) is 0 Å². The maximum atomic E-state index is 12.9. The summed E-state index contributed by atoms with van der Waals surface area (Å²) < 4.78 is 0. The van der Waals surface area contributed by atoms with Crippen LogP contribution in [0.2, 0.25) is 0 Å². The molecule has 5 nitrogen and oxygen atoms in total. The molecule has 2 N–H and O–H groups in total. The number of rotatable bonds is 2. The SMILES string of the molecule is O=C(Nc1ccc2c(c1)CC1(C2)C(=O)Nc2ncccc21)C1Cc2ccccc2C1. The van der Waals surface area contributed by atoms with Crippen LogP contribution >= 0.6 is 0 Å². The first-order chi connectivity index (χ1) is 14.6. The Kier molecular flexibility index (Phi) is 3.63. The highest BCUT2D eigenvalue weighted by atomic mass is 16.2. The van der Waals surface area contributed by atoms with E-state index in [1.165, 1.54) is 11.1 Å². The molecule has 2 aromatic carbocycles. The number of pyridine rings is 1. The Balaban J connectivity index is 1.23. The van der Waals surface area contributed by atoms with Crippen LogP contribution in [-0.2, 0) is 40.7 Å². The fourth-order valence-electron chi connectivity index (χ4n) is 5.33. The second kappa shape index (κ2) is 6.26. The maximum Gasteiger partial charge on any atom is 0.237 e. The number of benzene rings is 2. The zero-order chi connectivity index (χ0) is 20.3. The third-order valence-corrected chi connectivity index (χ3v) is 6.87. The molecule has 1 atom stereocenters. The quantitative estimate of drug-likeness (QED) is 0.698. The first-order valence-electron chi connectivity index (χ1n) is 10.4. The second-order valence-electron chi connectivity index (χ2n) is 8.64. The maximum absolute atomic E-state index is 12.9. The van der Waals surface area contributed by atoms with Crippen LogP contribution in [0.5, 0.6) is 0 Å². The van der Waals surface area contributed by atoms with Crippen molar-refractivity contribution in [3.63, 3.8) is 0 Å². The molecule has 1 unspecified atom stereocenters. The van der Waals surface area contributed by atoms with Gasteiger partial charge in [-0.1, -0.05) is 36.4 Å². The minimum Gasteiger partial charge on any atom is -0.326 e. The lowest BCUT2D eigenvalue weighted by molar-refractivity contribution is -0.121. The molecule has 0 bridgehead atoms. The van der Waals surface area contributed by atoms with Crippen LogP contribution in [-0.4, -0.2) is 16.8 Å². The Hall–Kier alpha value is -3.47. The molecule has 1 spiro atoms. The largest absolute Gasteiger partial charge is 0.326 e. The standard InChI is InChI=1S/C25H21N3O2/c29-23(18-10-15-4-1-2-5-16(15)11-18)27-20-8-7-17-13-25(14-19(17)12-20)21-6-3-9-26-22(21)28-24(25)30/h1-9,12,18H,10-11,13-14H2,(H,27,29)(H,26,28,30). The van der Waals surface area contributed by atoms with Crippen molar-refractivity contribution in [1.29, 1.82) is 0 Å². The van der Waals surface area contributed by atoms with Gasteiger partial charge in [-0.2, -0.15) is 0 Å². The molecule has 3 aliphatic rings. The lowest BCUT2D eigenvalue weighted by atomic mass is 9.79. The first kappa shape index (κ1) is 17.4. The van der Waals surface area contributed by atoms with E-state index in [0.717, 1.165) is 35.2 Å². The molecular weight excluding hydrogens is 374 g/mol. The van der Waals surface area contributed by atoms with Crippen LogP contribution in [0, 0.1) is 5.92 Å². The summed E-state index contributed by atoms with van der Waals surface area (Å²) in [5.74, 6) is 0.721. The number of carbonyl (C=O) groups excluding carboxylic acids is 2. The number of aromatic nitrogens is 1. The van der Waals surface area contributed by atoms with Crippen molar-refractivity contribution in [1.82, 2.24) is 4.98 Å². The number of nitrogens with one attached hydrogen (secondary N) is 2. The van der Waals surface area contributed by atoms with Gasteiger partial charge in [-0.05, 0) is 66.1 Å². The molecule has 0 saturated heterocycles. The molecule has 2 heterocycles. The summed E-state index contributed by atoms with van der Waals surface area (Å²) in [7, 11) is 0. The number of nitrogens with zero attached hydrogens (tertiary/aromatic N) is 1. The highest BCUT2D eigenvalue weighted by Crippen LogP contribution is 2.47. The van der Waals surface area contributed by atoms with Gasteiger partial charge >= 0.3 is 0 Å². The topological polar surface area (TPSA) is 71.1 Å². The molecule has 1 aliphatic heterocycles. The highest BCUT2D eigenvalue weighted by molar-refractivity contribution is 6.06. The molecule has 30 heavy (non-hydrogen) atoms. The van der Waals surface area contributed by atoms with Gasteiger partial charge in [0.2, 0.25) is 11.8 Å². The number of fused-ring (bicyclic) bond motifs is 4. The van der Waals surface area contributed by atoms with E-state index in [1.807, 2.05) is 42.5 Å². The Bertz CT molecular complexity index is 1190. The zero-order valence-electron chi connectivity index (χ0n) is 16.4. The van der Waals surface area contributed by atoms with Crippen molar-refractivity contribution >= 4 is 23.3 Å². The average Bonchev–Trinajstić information content (AvgIpc) is 3.42. The summed E-state index contributed by atoms with van der Waals surface area (Å²) >= 11 is 0. The van der Waals surface area contributed by atoms with Crippen LogP contribution in [0.25, 0.3) is 0 Å². The van der Waals surface area contributed by atoms with Crippen molar-refractivity contribution in [2.45, 2.75) is 31.1 Å². The molecule has 148 valence electrons. The van der Waals surface area contributed by atoms with Gasteiger partial charge in [-0.25, -0.2) is 4.98 Å². The summed E-state index contributed by atoms with van der Waals surface area (Å²) in [4.78, 5) is 30.0. The summed E-state index contributed by atoms with van der Waals surface area (Å²) in [6.45, 7) is 0. The van der Waals surface area contributed by atoms with E-state index >= 15 is 0 Å². The molecule has 0 radical (unpaired) electrons.